The Hall–Kier alpha value is 0.390. The SMILES string of the molecule is Br.C=CC[P+](CC=C)(CCCC)CCCC. The van der Waals surface area contributed by atoms with Crippen LogP contribution in [0, 0.1) is 0 Å². The molecule has 16 heavy (non-hydrogen) atoms. The number of unbranched alkanes of at least 4 members (excludes halogenated alkanes) is 2. The molecule has 0 fully saturated rings. The van der Waals surface area contributed by atoms with Gasteiger partial charge in [0, 0.05) is 7.26 Å². The molecular weight excluding hydrogens is 279 g/mol. The maximum absolute atomic E-state index is 3.94. The van der Waals surface area contributed by atoms with Crippen molar-refractivity contribution in [1.29, 1.82) is 0 Å². The smallest absolute Gasteiger partial charge is 0.0774 e. The first-order valence-electron chi connectivity index (χ1n) is 6.31. The van der Waals surface area contributed by atoms with Gasteiger partial charge in [0.2, 0.25) is 0 Å². The highest BCUT2D eigenvalue weighted by Crippen LogP contribution is 2.60. The zero-order chi connectivity index (χ0) is 11.6. The summed E-state index contributed by atoms with van der Waals surface area (Å²) in [5, 5.41) is 0. The first-order chi connectivity index (χ1) is 7.24. The molecule has 0 saturated carbocycles. The van der Waals surface area contributed by atoms with Gasteiger partial charge in [-0.05, 0) is 12.8 Å². The minimum Gasteiger partial charge on any atom is -0.114 e. The van der Waals surface area contributed by atoms with Crippen LogP contribution in [0.4, 0.5) is 0 Å². The Kier molecular flexibility index (Phi) is 13.9. The average Bonchev–Trinajstić information content (AvgIpc) is 2.24. The number of rotatable bonds is 10. The van der Waals surface area contributed by atoms with E-state index in [0.717, 1.165) is 0 Å². The third-order valence-electron chi connectivity index (χ3n) is 3.00. The first-order valence-corrected chi connectivity index (χ1v) is 8.84. The van der Waals surface area contributed by atoms with Gasteiger partial charge in [-0.3, -0.25) is 0 Å². The quantitative estimate of drug-likeness (QED) is 0.366. The van der Waals surface area contributed by atoms with Crippen LogP contribution in [0.2, 0.25) is 0 Å². The molecule has 0 aromatic heterocycles. The molecule has 0 radical (unpaired) electrons. The van der Waals surface area contributed by atoms with Crippen LogP contribution in [0.3, 0.4) is 0 Å². The summed E-state index contributed by atoms with van der Waals surface area (Å²) in [5.74, 6) is 0. The molecule has 0 nitrogen and oxygen atoms in total. The van der Waals surface area contributed by atoms with Gasteiger partial charge in [-0.25, -0.2) is 0 Å². The van der Waals surface area contributed by atoms with E-state index in [9.17, 15) is 0 Å². The highest BCUT2D eigenvalue weighted by Gasteiger charge is 2.32. The van der Waals surface area contributed by atoms with Crippen LogP contribution >= 0.6 is 24.2 Å². The standard InChI is InChI=1S/C14H28P.BrH/c1-5-9-13-15(11-7-3,12-8-4)14-10-6-2;/h7-8H,3-6,9-14H2,1-2H3;1H/q+1;. The summed E-state index contributed by atoms with van der Waals surface area (Å²) in [4.78, 5) is 0. The van der Waals surface area contributed by atoms with Crippen molar-refractivity contribution in [2.24, 2.45) is 0 Å². The topological polar surface area (TPSA) is 0 Å². The molecule has 0 unspecified atom stereocenters. The molecule has 2 heteroatoms. The summed E-state index contributed by atoms with van der Waals surface area (Å²) in [5.41, 5.74) is 0. The second kappa shape index (κ2) is 11.9. The Balaban J connectivity index is 0. The maximum Gasteiger partial charge on any atom is 0.0774 e. The van der Waals surface area contributed by atoms with E-state index in [1.54, 1.807) is 0 Å². The van der Waals surface area contributed by atoms with E-state index in [-0.39, 0.29) is 17.0 Å². The van der Waals surface area contributed by atoms with Crippen molar-refractivity contribution in [2.75, 3.05) is 24.6 Å². The Morgan fingerprint density at radius 2 is 1.25 bits per heavy atom. The van der Waals surface area contributed by atoms with Crippen molar-refractivity contribution < 1.29 is 0 Å². The van der Waals surface area contributed by atoms with Gasteiger partial charge in [-0.15, -0.1) is 17.0 Å². The van der Waals surface area contributed by atoms with Crippen molar-refractivity contribution in [3.63, 3.8) is 0 Å². The van der Waals surface area contributed by atoms with Crippen molar-refractivity contribution in [3.05, 3.63) is 25.3 Å². The lowest BCUT2D eigenvalue weighted by Gasteiger charge is -2.25. The first kappa shape index (κ1) is 18.7. The van der Waals surface area contributed by atoms with Crippen molar-refractivity contribution >= 4 is 24.2 Å². The highest BCUT2D eigenvalue weighted by atomic mass is 79.9. The average molecular weight is 308 g/mol. The van der Waals surface area contributed by atoms with Gasteiger partial charge >= 0.3 is 0 Å². The van der Waals surface area contributed by atoms with Crippen molar-refractivity contribution in [3.8, 4) is 0 Å². The molecule has 0 saturated heterocycles. The monoisotopic (exact) mass is 307 g/mol. The summed E-state index contributed by atoms with van der Waals surface area (Å²) in [6, 6.07) is 0. The zero-order valence-corrected chi connectivity index (χ0v) is 13.7. The van der Waals surface area contributed by atoms with Gasteiger partial charge < -0.3 is 0 Å². The third kappa shape index (κ3) is 7.63. The molecule has 96 valence electrons. The predicted octanol–water partition coefficient (Wildman–Crippen LogP) is 5.55. The van der Waals surface area contributed by atoms with Gasteiger partial charge in [0.25, 0.3) is 0 Å². The minimum atomic E-state index is -0.765. The second-order valence-corrected chi connectivity index (χ2v) is 8.75. The van der Waals surface area contributed by atoms with E-state index in [1.165, 1.54) is 50.3 Å². The molecule has 0 amide bonds. The summed E-state index contributed by atoms with van der Waals surface area (Å²) >= 11 is 0. The molecular formula is C14H29BrP+. The second-order valence-electron chi connectivity index (χ2n) is 4.44. The van der Waals surface area contributed by atoms with Crippen LogP contribution in [-0.4, -0.2) is 24.6 Å². The fourth-order valence-corrected chi connectivity index (χ4v) is 6.26. The van der Waals surface area contributed by atoms with E-state index in [0.29, 0.717) is 0 Å². The molecule has 0 aliphatic carbocycles. The van der Waals surface area contributed by atoms with Crippen molar-refractivity contribution in [1.82, 2.24) is 0 Å². The largest absolute Gasteiger partial charge is 0.114 e. The maximum atomic E-state index is 3.94. The summed E-state index contributed by atoms with van der Waals surface area (Å²) in [6.07, 6.45) is 15.1. The normalized spacial score (nSPS) is 10.6. The summed E-state index contributed by atoms with van der Waals surface area (Å²) in [7, 11) is -0.765. The predicted molar refractivity (Wildman–Crippen MR) is 86.9 cm³/mol. The molecule has 0 aliphatic rings. The molecule has 0 bridgehead atoms. The van der Waals surface area contributed by atoms with Gasteiger partial charge in [0.05, 0.1) is 24.6 Å². The molecule has 0 aromatic rings. The molecule has 0 aliphatic heterocycles. The van der Waals surface area contributed by atoms with Crippen LogP contribution in [0.5, 0.6) is 0 Å². The Labute approximate surface area is 114 Å². The zero-order valence-electron chi connectivity index (χ0n) is 11.1. The van der Waals surface area contributed by atoms with Gasteiger partial charge in [-0.1, -0.05) is 52.0 Å². The van der Waals surface area contributed by atoms with Crippen molar-refractivity contribution in [2.45, 2.75) is 39.5 Å². The minimum absolute atomic E-state index is 0. The Morgan fingerprint density at radius 3 is 1.50 bits per heavy atom. The lowest BCUT2D eigenvalue weighted by atomic mass is 10.4. The summed E-state index contributed by atoms with van der Waals surface area (Å²) < 4.78 is 0. The molecule has 0 N–H and O–H groups in total. The van der Waals surface area contributed by atoms with Crippen LogP contribution in [0.1, 0.15) is 39.5 Å². The van der Waals surface area contributed by atoms with Crippen LogP contribution < -0.4 is 0 Å². The molecule has 0 rings (SSSR count). The van der Waals surface area contributed by atoms with Crippen LogP contribution in [-0.2, 0) is 0 Å². The lowest BCUT2D eigenvalue weighted by Crippen LogP contribution is -2.10. The van der Waals surface area contributed by atoms with Crippen LogP contribution in [0.25, 0.3) is 0 Å². The summed E-state index contributed by atoms with van der Waals surface area (Å²) in [6.45, 7) is 12.5. The number of hydrogen-bond donors (Lipinski definition) is 0. The van der Waals surface area contributed by atoms with Gasteiger partial charge in [0.15, 0.2) is 0 Å². The van der Waals surface area contributed by atoms with E-state index in [2.05, 4.69) is 39.2 Å². The number of hydrogen-bond acceptors (Lipinski definition) is 0. The lowest BCUT2D eigenvalue weighted by molar-refractivity contribution is 0.859. The fraction of sp³-hybridized carbons (Fsp3) is 0.714. The molecule has 0 spiro atoms. The third-order valence-corrected chi connectivity index (χ3v) is 7.60. The van der Waals surface area contributed by atoms with E-state index in [4.69, 9.17) is 0 Å². The molecule has 0 atom stereocenters. The molecule has 0 heterocycles. The number of allylic oxidation sites excluding steroid dienone is 2. The Bertz CT molecular complexity index is 158. The van der Waals surface area contributed by atoms with Gasteiger partial charge in [-0.2, -0.15) is 0 Å². The number of halogens is 1. The fourth-order valence-electron chi connectivity index (χ4n) is 2.09. The van der Waals surface area contributed by atoms with Gasteiger partial charge in [0.1, 0.15) is 0 Å². The van der Waals surface area contributed by atoms with E-state index >= 15 is 0 Å². The van der Waals surface area contributed by atoms with E-state index < -0.39 is 7.26 Å². The molecule has 0 aromatic carbocycles. The van der Waals surface area contributed by atoms with E-state index in [1.807, 2.05) is 0 Å². The Morgan fingerprint density at radius 1 is 0.875 bits per heavy atom. The van der Waals surface area contributed by atoms with Crippen LogP contribution in [0.15, 0.2) is 25.3 Å². The highest BCUT2D eigenvalue weighted by molar-refractivity contribution is 8.93.